The topological polar surface area (TPSA) is 94.9 Å². The fourth-order valence-electron chi connectivity index (χ4n) is 2.80. The Hall–Kier alpha value is -2.71. The molecule has 0 amide bonds. The highest BCUT2D eigenvalue weighted by atomic mass is 79.9. The number of hydrogen-bond acceptors (Lipinski definition) is 4. The zero-order chi connectivity index (χ0) is 18.3. The molecule has 0 fully saturated rings. The molecule has 0 spiro atoms. The van der Waals surface area contributed by atoms with Gasteiger partial charge in [-0.2, -0.15) is 8.42 Å². The van der Waals surface area contributed by atoms with Crippen LogP contribution in [0.1, 0.15) is 0 Å². The van der Waals surface area contributed by atoms with Gasteiger partial charge in [0.25, 0.3) is 10.0 Å². The number of rotatable bonds is 3. The fourth-order valence-corrected chi connectivity index (χ4v) is 4.15. The number of aromatic nitrogens is 1. The second kappa shape index (κ2) is 6.22. The Morgan fingerprint density at radius 1 is 0.962 bits per heavy atom. The third kappa shape index (κ3) is 2.87. The minimum atomic E-state index is -4.04. The van der Waals surface area contributed by atoms with Crippen LogP contribution in [0.2, 0.25) is 0 Å². The van der Waals surface area contributed by atoms with Crippen LogP contribution in [0.15, 0.2) is 79.7 Å². The zero-order valence-electron chi connectivity index (χ0n) is 13.2. The minimum Gasteiger partial charge on any atom is -0.493 e. The second-order valence-electron chi connectivity index (χ2n) is 5.65. The smallest absolute Gasteiger partial charge is 0.300 e. The van der Waals surface area contributed by atoms with E-state index in [1.807, 2.05) is 18.2 Å². The first-order chi connectivity index (χ1) is 12.5. The summed E-state index contributed by atoms with van der Waals surface area (Å²) in [4.78, 5) is 2.82. The lowest BCUT2D eigenvalue weighted by atomic mass is 10.1. The number of fused-ring (bicyclic) bond motifs is 2. The van der Waals surface area contributed by atoms with Crippen molar-refractivity contribution in [2.45, 2.75) is 4.90 Å². The quantitative estimate of drug-likeness (QED) is 0.434. The van der Waals surface area contributed by atoms with Gasteiger partial charge in [-0.1, -0.05) is 56.8 Å². The SMILES string of the molecule is O=S(=O)(N=Nc1c(O)[nH]c2ccc(Br)cc12)c1cccc2ccccc12. The van der Waals surface area contributed by atoms with E-state index in [4.69, 9.17) is 0 Å². The molecule has 0 atom stereocenters. The van der Waals surface area contributed by atoms with Crippen molar-refractivity contribution < 1.29 is 13.5 Å². The van der Waals surface area contributed by atoms with Crippen LogP contribution < -0.4 is 0 Å². The average molecular weight is 430 g/mol. The predicted octanol–water partition coefficient (Wildman–Crippen LogP) is 5.26. The van der Waals surface area contributed by atoms with Crippen molar-refractivity contribution in [2.75, 3.05) is 0 Å². The van der Waals surface area contributed by atoms with E-state index in [0.717, 1.165) is 9.86 Å². The van der Waals surface area contributed by atoms with E-state index in [0.29, 0.717) is 16.3 Å². The van der Waals surface area contributed by atoms with Crippen LogP contribution in [0.3, 0.4) is 0 Å². The van der Waals surface area contributed by atoms with Crippen LogP contribution >= 0.6 is 15.9 Å². The van der Waals surface area contributed by atoms with Crippen LogP contribution in [0.5, 0.6) is 5.88 Å². The number of benzene rings is 3. The Bertz CT molecular complexity index is 1270. The maximum Gasteiger partial charge on any atom is 0.300 e. The van der Waals surface area contributed by atoms with Gasteiger partial charge in [0.05, 0.1) is 10.4 Å². The molecule has 0 bridgehead atoms. The summed E-state index contributed by atoms with van der Waals surface area (Å²) in [5, 5.41) is 15.8. The van der Waals surface area contributed by atoms with Gasteiger partial charge in [0, 0.05) is 15.2 Å². The summed E-state index contributed by atoms with van der Waals surface area (Å²) in [5.41, 5.74) is 0.701. The molecule has 1 aromatic heterocycles. The molecule has 2 N–H and O–H groups in total. The van der Waals surface area contributed by atoms with Gasteiger partial charge in [0.2, 0.25) is 5.88 Å². The van der Waals surface area contributed by atoms with E-state index in [1.165, 1.54) is 6.07 Å². The van der Waals surface area contributed by atoms with E-state index in [9.17, 15) is 13.5 Å². The predicted molar refractivity (Wildman–Crippen MR) is 103 cm³/mol. The van der Waals surface area contributed by atoms with Crippen LogP contribution in [0.4, 0.5) is 5.69 Å². The molecule has 0 aliphatic carbocycles. The van der Waals surface area contributed by atoms with Gasteiger partial charge >= 0.3 is 0 Å². The van der Waals surface area contributed by atoms with Gasteiger partial charge in [-0.25, -0.2) is 0 Å². The highest BCUT2D eigenvalue weighted by Gasteiger charge is 2.18. The van der Waals surface area contributed by atoms with Crippen molar-refractivity contribution >= 4 is 53.3 Å². The molecule has 8 heteroatoms. The molecular formula is C18H12BrN3O3S. The van der Waals surface area contributed by atoms with Crippen molar-refractivity contribution in [3.8, 4) is 5.88 Å². The van der Waals surface area contributed by atoms with Crippen LogP contribution in [-0.4, -0.2) is 18.5 Å². The Morgan fingerprint density at radius 2 is 1.73 bits per heavy atom. The van der Waals surface area contributed by atoms with Gasteiger partial charge in [-0.05, 0) is 29.7 Å². The zero-order valence-corrected chi connectivity index (χ0v) is 15.6. The van der Waals surface area contributed by atoms with Gasteiger partial charge in [-0.15, -0.1) is 5.11 Å². The third-order valence-corrected chi connectivity index (χ3v) is 5.69. The summed E-state index contributed by atoms with van der Waals surface area (Å²) in [6.45, 7) is 0. The molecule has 6 nitrogen and oxygen atoms in total. The first-order valence-electron chi connectivity index (χ1n) is 7.62. The lowest BCUT2D eigenvalue weighted by Gasteiger charge is -2.03. The molecule has 4 aromatic rings. The van der Waals surface area contributed by atoms with Crippen molar-refractivity contribution in [2.24, 2.45) is 9.63 Å². The van der Waals surface area contributed by atoms with Crippen LogP contribution in [0, 0.1) is 0 Å². The summed E-state index contributed by atoms with van der Waals surface area (Å²) >= 11 is 3.34. The Labute approximate surface area is 157 Å². The van der Waals surface area contributed by atoms with E-state index in [-0.39, 0.29) is 16.5 Å². The molecular weight excluding hydrogens is 418 g/mol. The van der Waals surface area contributed by atoms with Crippen LogP contribution in [0.25, 0.3) is 21.7 Å². The number of hydrogen-bond donors (Lipinski definition) is 2. The third-order valence-electron chi connectivity index (χ3n) is 3.99. The summed E-state index contributed by atoms with van der Waals surface area (Å²) in [6, 6.07) is 17.4. The molecule has 0 unspecified atom stereocenters. The molecule has 0 saturated carbocycles. The number of aromatic hydroxyl groups is 1. The molecule has 26 heavy (non-hydrogen) atoms. The number of nitrogens with one attached hydrogen (secondary N) is 1. The van der Waals surface area contributed by atoms with Gasteiger partial charge in [-0.3, -0.25) is 0 Å². The van der Waals surface area contributed by atoms with Crippen molar-refractivity contribution in [1.29, 1.82) is 0 Å². The summed E-state index contributed by atoms with van der Waals surface area (Å²) < 4.78 is 29.7. The Morgan fingerprint density at radius 3 is 2.58 bits per heavy atom. The number of aromatic amines is 1. The monoisotopic (exact) mass is 429 g/mol. The summed E-state index contributed by atoms with van der Waals surface area (Å²) in [5.74, 6) is -0.241. The van der Waals surface area contributed by atoms with Crippen molar-refractivity contribution in [1.82, 2.24) is 4.98 Å². The number of H-pyrrole nitrogens is 1. The number of halogens is 1. The first kappa shape index (κ1) is 16.7. The Kier molecular flexibility index (Phi) is 4.01. The Balaban J connectivity index is 1.84. The molecule has 0 aliphatic heterocycles. The van der Waals surface area contributed by atoms with E-state index in [1.54, 1.807) is 36.4 Å². The summed E-state index contributed by atoms with van der Waals surface area (Å²) in [7, 11) is -4.04. The molecule has 0 radical (unpaired) electrons. The van der Waals surface area contributed by atoms with E-state index < -0.39 is 10.0 Å². The minimum absolute atomic E-state index is 0.0693. The lowest BCUT2D eigenvalue weighted by molar-refractivity contribution is 0.459. The lowest BCUT2D eigenvalue weighted by Crippen LogP contribution is -1.96. The maximum absolute atomic E-state index is 12.7. The number of sulfonamides is 1. The van der Waals surface area contributed by atoms with Crippen molar-refractivity contribution in [3.63, 3.8) is 0 Å². The fraction of sp³-hybridized carbons (Fsp3) is 0. The van der Waals surface area contributed by atoms with Gasteiger partial charge < -0.3 is 10.1 Å². The second-order valence-corrected chi connectivity index (χ2v) is 8.12. The maximum atomic E-state index is 12.7. The number of nitrogens with zero attached hydrogens (tertiary/aromatic N) is 2. The highest BCUT2D eigenvalue weighted by molar-refractivity contribution is 9.10. The normalized spacial score (nSPS) is 12.3. The largest absolute Gasteiger partial charge is 0.493 e. The van der Waals surface area contributed by atoms with Crippen LogP contribution in [-0.2, 0) is 10.0 Å². The highest BCUT2D eigenvalue weighted by Crippen LogP contribution is 2.37. The first-order valence-corrected chi connectivity index (χ1v) is 9.85. The van der Waals surface area contributed by atoms with E-state index in [2.05, 4.69) is 30.5 Å². The molecule has 0 aliphatic rings. The summed E-state index contributed by atoms with van der Waals surface area (Å²) in [6.07, 6.45) is 0. The molecule has 130 valence electrons. The molecule has 1 heterocycles. The standard InChI is InChI=1S/C18H12BrN3O3S/c19-12-8-9-15-14(10-12)17(18(23)20-15)21-22-26(24,25)16-7-3-5-11-4-1-2-6-13(11)16/h1-10,20,23H. The van der Waals surface area contributed by atoms with Gasteiger partial charge in [0.15, 0.2) is 5.69 Å². The molecule has 4 rings (SSSR count). The van der Waals surface area contributed by atoms with Gasteiger partial charge in [0.1, 0.15) is 0 Å². The van der Waals surface area contributed by atoms with Crippen molar-refractivity contribution in [3.05, 3.63) is 65.1 Å². The molecule has 0 saturated heterocycles. The average Bonchev–Trinajstić information content (AvgIpc) is 2.94. The molecule has 3 aromatic carbocycles. The van der Waals surface area contributed by atoms with E-state index >= 15 is 0 Å².